The number of halogens is 1. The normalized spacial score (nSPS) is 10.6. The molecule has 0 aliphatic rings. The van der Waals surface area contributed by atoms with Gasteiger partial charge in [0, 0.05) is 25.3 Å². The number of rotatable bonds is 4. The molecule has 0 fully saturated rings. The zero-order chi connectivity index (χ0) is 14.9. The second-order valence-corrected chi connectivity index (χ2v) is 5.52. The summed E-state index contributed by atoms with van der Waals surface area (Å²) in [5, 5.41) is 5.02. The molecule has 6 heteroatoms. The summed E-state index contributed by atoms with van der Waals surface area (Å²) < 4.78 is 1.80. The van der Waals surface area contributed by atoms with Crippen molar-refractivity contribution >= 4 is 34.5 Å². The van der Waals surface area contributed by atoms with Crippen LogP contribution in [0, 0.1) is 6.92 Å². The SMILES string of the molecule is Cc1nn(C)c(CN(C)c2ccccc2C(N)=S)c1Cl. The van der Waals surface area contributed by atoms with Crippen molar-refractivity contribution < 1.29 is 0 Å². The minimum Gasteiger partial charge on any atom is -0.389 e. The van der Waals surface area contributed by atoms with E-state index in [4.69, 9.17) is 29.6 Å². The third-order valence-electron chi connectivity index (χ3n) is 3.23. The molecule has 0 unspecified atom stereocenters. The number of nitrogens with two attached hydrogens (primary N) is 1. The second kappa shape index (κ2) is 5.81. The maximum Gasteiger partial charge on any atom is 0.106 e. The van der Waals surface area contributed by atoms with Gasteiger partial charge >= 0.3 is 0 Å². The lowest BCUT2D eigenvalue weighted by molar-refractivity contribution is 0.694. The van der Waals surface area contributed by atoms with E-state index < -0.39 is 0 Å². The van der Waals surface area contributed by atoms with Crippen molar-refractivity contribution in [2.45, 2.75) is 13.5 Å². The Morgan fingerprint density at radius 2 is 2.10 bits per heavy atom. The molecule has 0 radical (unpaired) electrons. The molecule has 4 nitrogen and oxygen atoms in total. The molecule has 0 spiro atoms. The Balaban J connectivity index is 2.33. The van der Waals surface area contributed by atoms with Crippen LogP contribution in [0.25, 0.3) is 0 Å². The molecule has 0 bridgehead atoms. The zero-order valence-electron chi connectivity index (χ0n) is 11.7. The summed E-state index contributed by atoms with van der Waals surface area (Å²) in [5.41, 5.74) is 9.41. The minimum absolute atomic E-state index is 0.389. The van der Waals surface area contributed by atoms with E-state index in [2.05, 4.69) is 10.00 Å². The second-order valence-electron chi connectivity index (χ2n) is 4.71. The maximum atomic E-state index is 6.29. The molecule has 2 aromatic rings. The van der Waals surface area contributed by atoms with Gasteiger partial charge in [0.2, 0.25) is 0 Å². The molecule has 106 valence electrons. The first kappa shape index (κ1) is 14.8. The fourth-order valence-electron chi connectivity index (χ4n) is 2.18. The van der Waals surface area contributed by atoms with Crippen molar-refractivity contribution in [1.29, 1.82) is 0 Å². The van der Waals surface area contributed by atoms with E-state index in [1.165, 1.54) is 0 Å². The molecule has 1 aromatic heterocycles. The van der Waals surface area contributed by atoms with E-state index in [-0.39, 0.29) is 0 Å². The lowest BCUT2D eigenvalue weighted by Gasteiger charge is -2.22. The third-order valence-corrected chi connectivity index (χ3v) is 3.94. The van der Waals surface area contributed by atoms with Gasteiger partial charge in [-0.25, -0.2) is 0 Å². The molecular weight excluding hydrogens is 292 g/mol. The predicted octanol–water partition coefficient (Wildman–Crippen LogP) is 2.65. The van der Waals surface area contributed by atoms with Gasteiger partial charge in [-0.3, -0.25) is 4.68 Å². The highest BCUT2D eigenvalue weighted by Gasteiger charge is 2.15. The van der Waals surface area contributed by atoms with Gasteiger partial charge in [0.25, 0.3) is 0 Å². The molecule has 0 saturated heterocycles. The van der Waals surface area contributed by atoms with Gasteiger partial charge in [-0.15, -0.1) is 0 Å². The van der Waals surface area contributed by atoms with Gasteiger partial charge in [-0.1, -0.05) is 36.0 Å². The van der Waals surface area contributed by atoms with Gasteiger partial charge in [-0.05, 0) is 19.1 Å². The molecule has 0 saturated carbocycles. The summed E-state index contributed by atoms with van der Waals surface area (Å²) in [5.74, 6) is 0. The largest absolute Gasteiger partial charge is 0.389 e. The van der Waals surface area contributed by atoms with Crippen molar-refractivity contribution in [1.82, 2.24) is 9.78 Å². The molecule has 2 N–H and O–H groups in total. The Hall–Kier alpha value is -1.59. The van der Waals surface area contributed by atoms with Gasteiger partial charge < -0.3 is 10.6 Å². The highest BCUT2D eigenvalue weighted by atomic mass is 35.5. The summed E-state index contributed by atoms with van der Waals surface area (Å²) in [4.78, 5) is 2.45. The lowest BCUT2D eigenvalue weighted by atomic mass is 10.1. The van der Waals surface area contributed by atoms with Crippen LogP contribution in [-0.2, 0) is 13.6 Å². The fraction of sp³-hybridized carbons (Fsp3) is 0.286. The van der Waals surface area contributed by atoms with Crippen molar-refractivity contribution in [3.05, 3.63) is 46.2 Å². The Morgan fingerprint density at radius 3 is 2.65 bits per heavy atom. The Labute approximate surface area is 129 Å². The third kappa shape index (κ3) is 2.78. The zero-order valence-corrected chi connectivity index (χ0v) is 13.3. The summed E-state index contributed by atoms with van der Waals surface area (Å²) in [6.07, 6.45) is 0. The van der Waals surface area contributed by atoms with E-state index in [1.807, 2.05) is 45.3 Å². The Kier molecular flexibility index (Phi) is 4.30. The number of aryl methyl sites for hydroxylation is 2. The highest BCUT2D eigenvalue weighted by molar-refractivity contribution is 7.80. The first-order chi connectivity index (χ1) is 9.41. The molecule has 1 aromatic carbocycles. The highest BCUT2D eigenvalue weighted by Crippen LogP contribution is 2.25. The fourth-order valence-corrected chi connectivity index (χ4v) is 2.57. The number of benzene rings is 1. The van der Waals surface area contributed by atoms with Crippen LogP contribution in [0.5, 0.6) is 0 Å². The number of thiocarbonyl (C=S) groups is 1. The van der Waals surface area contributed by atoms with E-state index in [0.717, 1.165) is 22.6 Å². The van der Waals surface area contributed by atoms with E-state index in [0.29, 0.717) is 16.6 Å². The van der Waals surface area contributed by atoms with Crippen molar-refractivity contribution in [3.63, 3.8) is 0 Å². The van der Waals surface area contributed by atoms with Gasteiger partial charge in [-0.2, -0.15) is 5.10 Å². The predicted molar refractivity (Wildman–Crippen MR) is 87.4 cm³/mol. The first-order valence-electron chi connectivity index (χ1n) is 6.19. The summed E-state index contributed by atoms with van der Waals surface area (Å²) in [6, 6.07) is 7.80. The molecule has 0 aliphatic heterocycles. The Bertz CT molecular complexity index is 651. The van der Waals surface area contributed by atoms with Crippen LogP contribution in [-0.4, -0.2) is 21.8 Å². The molecule has 2 rings (SSSR count). The Morgan fingerprint density at radius 1 is 1.45 bits per heavy atom. The number of aromatic nitrogens is 2. The number of anilines is 1. The van der Waals surface area contributed by atoms with Crippen LogP contribution < -0.4 is 10.6 Å². The van der Waals surface area contributed by atoms with Crippen molar-refractivity contribution in [2.75, 3.05) is 11.9 Å². The average molecular weight is 309 g/mol. The van der Waals surface area contributed by atoms with Crippen LogP contribution >= 0.6 is 23.8 Å². The average Bonchev–Trinajstić information content (AvgIpc) is 2.65. The van der Waals surface area contributed by atoms with Crippen molar-refractivity contribution in [3.8, 4) is 0 Å². The summed E-state index contributed by atoms with van der Waals surface area (Å²) in [7, 11) is 3.87. The van der Waals surface area contributed by atoms with Crippen LogP contribution in [0.15, 0.2) is 24.3 Å². The van der Waals surface area contributed by atoms with E-state index >= 15 is 0 Å². The lowest BCUT2D eigenvalue weighted by Crippen LogP contribution is -2.22. The van der Waals surface area contributed by atoms with Crippen LogP contribution in [0.2, 0.25) is 5.02 Å². The monoisotopic (exact) mass is 308 g/mol. The van der Waals surface area contributed by atoms with Crippen LogP contribution in [0.1, 0.15) is 17.0 Å². The maximum absolute atomic E-state index is 6.29. The minimum atomic E-state index is 0.389. The number of nitrogens with zero attached hydrogens (tertiary/aromatic N) is 3. The van der Waals surface area contributed by atoms with E-state index in [9.17, 15) is 0 Å². The molecular formula is C14H17ClN4S. The first-order valence-corrected chi connectivity index (χ1v) is 6.98. The van der Waals surface area contributed by atoms with Crippen LogP contribution in [0.4, 0.5) is 5.69 Å². The smallest absolute Gasteiger partial charge is 0.106 e. The summed E-state index contributed by atoms with van der Waals surface area (Å²) >= 11 is 11.4. The number of hydrogen-bond donors (Lipinski definition) is 1. The summed E-state index contributed by atoms with van der Waals surface area (Å²) in [6.45, 7) is 2.53. The van der Waals surface area contributed by atoms with Gasteiger partial charge in [0.1, 0.15) is 4.99 Å². The molecule has 20 heavy (non-hydrogen) atoms. The standard InChI is InChI=1S/C14H17ClN4S/c1-9-13(15)12(19(3)17-9)8-18(2)11-7-5-4-6-10(11)14(16)20/h4-7H,8H2,1-3H3,(H2,16,20). The number of hydrogen-bond acceptors (Lipinski definition) is 3. The van der Waals surface area contributed by atoms with Gasteiger partial charge in [0.15, 0.2) is 0 Å². The molecule has 0 amide bonds. The topological polar surface area (TPSA) is 47.1 Å². The molecule has 0 aliphatic carbocycles. The molecule has 0 atom stereocenters. The van der Waals surface area contributed by atoms with E-state index in [1.54, 1.807) is 4.68 Å². The quantitative estimate of drug-likeness (QED) is 0.882. The number of para-hydroxylation sites is 1. The van der Waals surface area contributed by atoms with Crippen LogP contribution in [0.3, 0.4) is 0 Å². The molecule has 1 heterocycles. The van der Waals surface area contributed by atoms with Crippen molar-refractivity contribution in [2.24, 2.45) is 12.8 Å². The van der Waals surface area contributed by atoms with Gasteiger partial charge in [0.05, 0.1) is 23.0 Å².